The van der Waals surface area contributed by atoms with Crippen LogP contribution in [0.15, 0.2) is 52.9 Å². The van der Waals surface area contributed by atoms with E-state index in [1.165, 1.54) is 0 Å². The van der Waals surface area contributed by atoms with E-state index >= 15 is 0 Å². The van der Waals surface area contributed by atoms with Gasteiger partial charge in [-0.1, -0.05) is 24.3 Å². The molecule has 0 saturated carbocycles. The summed E-state index contributed by atoms with van der Waals surface area (Å²) in [6, 6.07) is 14.5. The van der Waals surface area contributed by atoms with Gasteiger partial charge >= 0.3 is 0 Å². The fourth-order valence-electron chi connectivity index (χ4n) is 3.84. The number of amides is 2. The van der Waals surface area contributed by atoms with E-state index in [0.29, 0.717) is 47.9 Å². The molecule has 3 aromatic rings. The summed E-state index contributed by atoms with van der Waals surface area (Å²) < 4.78 is 11.5. The molecule has 4 rings (SSSR count). The lowest BCUT2D eigenvalue weighted by atomic mass is 10.1. The molecule has 7 heteroatoms. The van der Waals surface area contributed by atoms with Crippen molar-refractivity contribution in [2.75, 3.05) is 19.6 Å². The van der Waals surface area contributed by atoms with Crippen LogP contribution in [-0.4, -0.2) is 58.4 Å². The summed E-state index contributed by atoms with van der Waals surface area (Å²) in [5.41, 5.74) is 1.91. The highest BCUT2D eigenvalue weighted by atomic mass is 16.5. The first-order chi connectivity index (χ1) is 14.4. The topological polar surface area (TPSA) is 75.9 Å². The molecule has 2 heterocycles. The summed E-state index contributed by atoms with van der Waals surface area (Å²) >= 11 is 0. The number of fused-ring (bicyclic) bond motifs is 1. The highest BCUT2D eigenvalue weighted by Crippen LogP contribution is 2.27. The number of nitrogens with zero attached hydrogens (tertiary/aromatic N) is 3. The van der Waals surface area contributed by atoms with Crippen LogP contribution >= 0.6 is 0 Å². The highest BCUT2D eigenvalue weighted by Gasteiger charge is 2.33. The Hall–Kier alpha value is -3.35. The Kier molecular flexibility index (Phi) is 5.44. The van der Waals surface area contributed by atoms with Gasteiger partial charge in [-0.2, -0.15) is 0 Å². The number of aryl methyl sites for hydroxylation is 1. The second kappa shape index (κ2) is 8.18. The highest BCUT2D eigenvalue weighted by molar-refractivity contribution is 5.94. The molecule has 1 fully saturated rings. The maximum Gasteiger partial charge on any atom is 0.263 e. The summed E-state index contributed by atoms with van der Waals surface area (Å²) in [6.07, 6.45) is -0.675. The Morgan fingerprint density at radius 1 is 1.13 bits per heavy atom. The van der Waals surface area contributed by atoms with Crippen molar-refractivity contribution >= 4 is 22.9 Å². The smallest absolute Gasteiger partial charge is 0.263 e. The summed E-state index contributed by atoms with van der Waals surface area (Å²) in [6.45, 7) is 6.92. The average molecular weight is 407 g/mol. The number of carbonyl (C=O) groups is 2. The number of benzene rings is 2. The molecule has 0 radical (unpaired) electrons. The molecule has 2 amide bonds. The van der Waals surface area contributed by atoms with E-state index in [9.17, 15) is 9.59 Å². The Morgan fingerprint density at radius 2 is 1.90 bits per heavy atom. The van der Waals surface area contributed by atoms with Crippen LogP contribution in [0.2, 0.25) is 0 Å². The van der Waals surface area contributed by atoms with Crippen LogP contribution in [0.3, 0.4) is 0 Å². The summed E-state index contributed by atoms with van der Waals surface area (Å²) in [7, 11) is 0. The maximum atomic E-state index is 13.1. The third-order valence-corrected chi connectivity index (χ3v) is 5.36. The fraction of sp³-hybridized carbons (Fsp3) is 0.348. The second-order valence-corrected chi connectivity index (χ2v) is 7.59. The quantitative estimate of drug-likeness (QED) is 0.663. The standard InChI is InChI=1S/C23H25N3O4/c1-15-14-25(23(28)18-8-5-4-6-9-18)12-13-26(15)22(27)16(2)29-19-10-7-11-20-21(19)24-17(3)30-20/h4-11,15-16H,12-14H2,1-3H3/t15-,16?/m1/s1. The first kappa shape index (κ1) is 19.9. The lowest BCUT2D eigenvalue weighted by molar-refractivity contribution is -0.142. The molecule has 2 aromatic carbocycles. The minimum absolute atomic E-state index is 0.00747. The Labute approximate surface area is 175 Å². The van der Waals surface area contributed by atoms with Gasteiger partial charge in [-0.05, 0) is 38.1 Å². The van der Waals surface area contributed by atoms with Crippen molar-refractivity contribution in [1.29, 1.82) is 0 Å². The molecular weight excluding hydrogens is 382 g/mol. The number of para-hydroxylation sites is 1. The van der Waals surface area contributed by atoms with Gasteiger partial charge < -0.3 is 19.0 Å². The van der Waals surface area contributed by atoms with E-state index in [-0.39, 0.29) is 17.9 Å². The second-order valence-electron chi connectivity index (χ2n) is 7.59. The number of oxazole rings is 1. The number of aromatic nitrogens is 1. The zero-order valence-corrected chi connectivity index (χ0v) is 17.4. The van der Waals surface area contributed by atoms with Gasteiger partial charge in [-0.3, -0.25) is 9.59 Å². The molecule has 2 atom stereocenters. The van der Waals surface area contributed by atoms with Gasteiger partial charge in [-0.15, -0.1) is 0 Å². The van der Waals surface area contributed by atoms with Gasteiger partial charge in [0.2, 0.25) is 0 Å². The number of rotatable bonds is 4. The first-order valence-electron chi connectivity index (χ1n) is 10.1. The monoisotopic (exact) mass is 407 g/mol. The van der Waals surface area contributed by atoms with Crippen LogP contribution in [0.5, 0.6) is 5.75 Å². The molecule has 30 heavy (non-hydrogen) atoms. The van der Waals surface area contributed by atoms with Gasteiger partial charge in [-0.25, -0.2) is 4.98 Å². The van der Waals surface area contributed by atoms with E-state index < -0.39 is 6.10 Å². The predicted molar refractivity (Wildman–Crippen MR) is 112 cm³/mol. The zero-order chi connectivity index (χ0) is 21.3. The normalized spacial score (nSPS) is 17.8. The number of piperazine rings is 1. The van der Waals surface area contributed by atoms with Gasteiger partial charge in [0.05, 0.1) is 0 Å². The van der Waals surface area contributed by atoms with Crippen LogP contribution in [0.4, 0.5) is 0 Å². The van der Waals surface area contributed by atoms with Gasteiger partial charge in [0.15, 0.2) is 23.1 Å². The third kappa shape index (κ3) is 3.87. The molecule has 0 aliphatic carbocycles. The Bertz CT molecular complexity index is 1060. The predicted octanol–water partition coefficient (Wildman–Crippen LogP) is 3.28. The molecular formula is C23H25N3O4. The van der Waals surface area contributed by atoms with E-state index in [1.54, 1.807) is 29.7 Å². The Balaban J connectivity index is 1.42. The van der Waals surface area contributed by atoms with Gasteiger partial charge in [0, 0.05) is 38.2 Å². The largest absolute Gasteiger partial charge is 0.478 e. The molecule has 7 nitrogen and oxygen atoms in total. The molecule has 1 saturated heterocycles. The minimum atomic E-state index is -0.675. The van der Waals surface area contributed by atoms with E-state index in [0.717, 1.165) is 0 Å². The molecule has 1 aliphatic rings. The van der Waals surface area contributed by atoms with Crippen LogP contribution in [0, 0.1) is 6.92 Å². The number of ether oxygens (including phenoxy) is 1. The molecule has 1 unspecified atom stereocenters. The van der Waals surface area contributed by atoms with E-state index in [1.807, 2.05) is 49.4 Å². The van der Waals surface area contributed by atoms with Gasteiger partial charge in [0.25, 0.3) is 11.8 Å². The lowest BCUT2D eigenvalue weighted by Gasteiger charge is -2.40. The molecule has 0 bridgehead atoms. The van der Waals surface area contributed by atoms with Crippen molar-refractivity contribution in [3.63, 3.8) is 0 Å². The first-order valence-corrected chi connectivity index (χ1v) is 10.1. The SMILES string of the molecule is Cc1nc2c(OC(C)C(=O)N3CCN(C(=O)c4ccccc4)C[C@H]3C)cccc2o1. The Morgan fingerprint density at radius 3 is 2.63 bits per heavy atom. The number of carbonyl (C=O) groups excluding carboxylic acids is 2. The third-order valence-electron chi connectivity index (χ3n) is 5.36. The van der Waals surface area contributed by atoms with Crippen LogP contribution in [0.1, 0.15) is 30.1 Å². The van der Waals surface area contributed by atoms with Crippen molar-refractivity contribution in [3.8, 4) is 5.75 Å². The zero-order valence-electron chi connectivity index (χ0n) is 17.4. The molecule has 1 aliphatic heterocycles. The van der Waals surface area contributed by atoms with Crippen LogP contribution in [-0.2, 0) is 4.79 Å². The molecule has 0 spiro atoms. The molecule has 0 N–H and O–H groups in total. The number of hydrogen-bond acceptors (Lipinski definition) is 5. The summed E-state index contributed by atoms with van der Waals surface area (Å²) in [5.74, 6) is 0.960. The fourth-order valence-corrected chi connectivity index (χ4v) is 3.84. The maximum absolute atomic E-state index is 13.1. The van der Waals surface area contributed by atoms with Crippen LogP contribution < -0.4 is 4.74 Å². The minimum Gasteiger partial charge on any atom is -0.478 e. The van der Waals surface area contributed by atoms with Crippen molar-refractivity contribution < 1.29 is 18.7 Å². The van der Waals surface area contributed by atoms with E-state index in [2.05, 4.69) is 4.98 Å². The van der Waals surface area contributed by atoms with E-state index in [4.69, 9.17) is 9.15 Å². The summed E-state index contributed by atoms with van der Waals surface area (Å²) in [4.78, 5) is 33.7. The molecule has 156 valence electrons. The van der Waals surface area contributed by atoms with Gasteiger partial charge in [0.1, 0.15) is 5.75 Å². The summed E-state index contributed by atoms with van der Waals surface area (Å²) in [5, 5.41) is 0. The van der Waals surface area contributed by atoms with Crippen molar-refractivity contribution in [2.45, 2.75) is 32.9 Å². The van der Waals surface area contributed by atoms with Crippen molar-refractivity contribution in [2.24, 2.45) is 0 Å². The van der Waals surface area contributed by atoms with Crippen molar-refractivity contribution in [3.05, 3.63) is 60.0 Å². The average Bonchev–Trinajstić information content (AvgIpc) is 3.14. The van der Waals surface area contributed by atoms with Crippen molar-refractivity contribution in [1.82, 2.24) is 14.8 Å². The molecule has 1 aromatic heterocycles. The number of hydrogen-bond donors (Lipinski definition) is 0. The van der Waals surface area contributed by atoms with Crippen LogP contribution in [0.25, 0.3) is 11.1 Å². The lowest BCUT2D eigenvalue weighted by Crippen LogP contribution is -2.57.